The third-order valence-corrected chi connectivity index (χ3v) is 8.38. The van der Waals surface area contributed by atoms with Gasteiger partial charge in [0.15, 0.2) is 0 Å². The summed E-state index contributed by atoms with van der Waals surface area (Å²) < 4.78 is 1.15. The van der Waals surface area contributed by atoms with Crippen LogP contribution in [-0.4, -0.2) is 67.0 Å². The van der Waals surface area contributed by atoms with Crippen molar-refractivity contribution in [3.05, 3.63) is 81.4 Å². The third-order valence-electron chi connectivity index (χ3n) is 7.71. The van der Waals surface area contributed by atoms with Gasteiger partial charge in [0.1, 0.15) is 0 Å². The van der Waals surface area contributed by atoms with E-state index in [9.17, 15) is 14.4 Å². The lowest BCUT2D eigenvalue weighted by Gasteiger charge is -2.28. The van der Waals surface area contributed by atoms with Crippen molar-refractivity contribution in [3.63, 3.8) is 0 Å². The Balaban J connectivity index is 1.43. The van der Waals surface area contributed by atoms with Gasteiger partial charge in [0.25, 0.3) is 5.91 Å². The summed E-state index contributed by atoms with van der Waals surface area (Å²) >= 11 is 2.28. The Bertz CT molecular complexity index is 1370. The van der Waals surface area contributed by atoms with Gasteiger partial charge in [-0.05, 0) is 96.3 Å². The van der Waals surface area contributed by atoms with Crippen molar-refractivity contribution in [2.24, 2.45) is 0 Å². The zero-order chi connectivity index (χ0) is 30.1. The van der Waals surface area contributed by atoms with Crippen molar-refractivity contribution >= 4 is 51.2 Å². The van der Waals surface area contributed by atoms with E-state index in [1.54, 1.807) is 0 Å². The van der Waals surface area contributed by atoms with E-state index in [-0.39, 0.29) is 35.8 Å². The van der Waals surface area contributed by atoms with E-state index < -0.39 is 6.04 Å². The van der Waals surface area contributed by atoms with Crippen molar-refractivity contribution in [1.29, 1.82) is 0 Å². The molecule has 4 amide bonds. The summed E-state index contributed by atoms with van der Waals surface area (Å²) in [5, 5.41) is 14.4. The molecule has 4 rings (SSSR count). The zero-order valence-corrected chi connectivity index (χ0v) is 26.8. The number of hydrogen-bond donors (Lipinski definition) is 4. The van der Waals surface area contributed by atoms with Crippen LogP contribution in [0.3, 0.4) is 0 Å². The van der Waals surface area contributed by atoms with Gasteiger partial charge < -0.3 is 26.2 Å². The molecule has 0 spiro atoms. The van der Waals surface area contributed by atoms with Crippen LogP contribution in [0.4, 0.5) is 4.79 Å². The van der Waals surface area contributed by atoms with Crippen molar-refractivity contribution in [2.75, 3.05) is 26.2 Å². The van der Waals surface area contributed by atoms with Gasteiger partial charge in [-0.15, -0.1) is 0 Å². The molecule has 1 heterocycles. The fourth-order valence-corrected chi connectivity index (χ4v) is 5.93. The maximum absolute atomic E-state index is 13.8. The topological polar surface area (TPSA) is 103 Å². The van der Waals surface area contributed by atoms with E-state index in [1.165, 1.54) is 5.56 Å². The van der Waals surface area contributed by atoms with E-state index in [2.05, 4.69) is 69.0 Å². The van der Waals surface area contributed by atoms with Crippen LogP contribution in [0.2, 0.25) is 0 Å². The molecule has 1 aliphatic rings. The van der Waals surface area contributed by atoms with Crippen LogP contribution < -0.4 is 21.3 Å². The molecule has 3 atom stereocenters. The molecule has 0 aromatic heterocycles. The monoisotopic (exact) mass is 683 g/mol. The lowest BCUT2D eigenvalue weighted by Crippen LogP contribution is -2.50. The molecule has 1 saturated heterocycles. The molecule has 0 aliphatic carbocycles. The maximum Gasteiger partial charge on any atom is 0.314 e. The normalized spacial score (nSPS) is 18.0. The summed E-state index contributed by atoms with van der Waals surface area (Å²) in [7, 11) is 0. The fraction of sp³-hybridized carbons (Fsp3) is 0.424. The molecule has 0 bridgehead atoms. The standard InChI is InChI=1S/C33H42IN5O3/c1-4-23(24-8-6-5-7-9-24)21-39-17-15-29(38-30(32(39)41)14-16-35-33(42)37-22(2)3)20-36-31(40)27-11-10-26-19-28(34)13-12-25(26)18-27/h5-13,18-19,22-23,29-30,38H,4,14-17,20-21H2,1-3H3,(H,36,40)(H2,35,37,42)/t23-,29+,30+/m1/s1. The summed E-state index contributed by atoms with van der Waals surface area (Å²) in [6, 6.07) is 21.5. The second-order valence-corrected chi connectivity index (χ2v) is 12.5. The molecule has 1 fully saturated rings. The van der Waals surface area contributed by atoms with Crippen molar-refractivity contribution in [3.8, 4) is 0 Å². The summed E-state index contributed by atoms with van der Waals surface area (Å²) in [5.41, 5.74) is 1.84. The lowest BCUT2D eigenvalue weighted by atomic mass is 9.95. The number of carbonyl (C=O) groups is 3. The second-order valence-electron chi connectivity index (χ2n) is 11.3. The number of urea groups is 1. The van der Waals surface area contributed by atoms with Gasteiger partial charge in [0.05, 0.1) is 6.04 Å². The molecule has 9 heteroatoms. The molecule has 4 N–H and O–H groups in total. The van der Waals surface area contributed by atoms with Crippen LogP contribution in [0.15, 0.2) is 66.7 Å². The number of benzene rings is 3. The van der Waals surface area contributed by atoms with E-state index in [4.69, 9.17) is 0 Å². The maximum atomic E-state index is 13.8. The first-order valence-corrected chi connectivity index (χ1v) is 15.9. The van der Waals surface area contributed by atoms with E-state index in [1.807, 2.05) is 67.3 Å². The number of amides is 4. The Morgan fingerprint density at radius 2 is 1.76 bits per heavy atom. The highest BCUT2D eigenvalue weighted by Crippen LogP contribution is 2.23. The first kappa shape index (κ1) is 31.7. The predicted molar refractivity (Wildman–Crippen MR) is 177 cm³/mol. The molecule has 1 aliphatic heterocycles. The Morgan fingerprint density at radius 1 is 1.02 bits per heavy atom. The van der Waals surface area contributed by atoms with Crippen LogP contribution >= 0.6 is 22.6 Å². The molecule has 8 nitrogen and oxygen atoms in total. The van der Waals surface area contributed by atoms with Gasteiger partial charge in [-0.3, -0.25) is 9.59 Å². The number of rotatable bonds is 11. The minimum absolute atomic E-state index is 0.0291. The molecule has 0 radical (unpaired) electrons. The molecule has 3 aromatic rings. The van der Waals surface area contributed by atoms with E-state index in [0.29, 0.717) is 44.6 Å². The highest BCUT2D eigenvalue weighted by atomic mass is 127. The summed E-state index contributed by atoms with van der Waals surface area (Å²) in [6.45, 7) is 7.96. The smallest absolute Gasteiger partial charge is 0.314 e. The molecule has 42 heavy (non-hydrogen) atoms. The minimum Gasteiger partial charge on any atom is -0.350 e. The van der Waals surface area contributed by atoms with Gasteiger partial charge in [0.2, 0.25) is 5.91 Å². The van der Waals surface area contributed by atoms with E-state index >= 15 is 0 Å². The lowest BCUT2D eigenvalue weighted by molar-refractivity contribution is -0.133. The molecule has 0 saturated carbocycles. The molecular weight excluding hydrogens is 641 g/mol. The second kappa shape index (κ2) is 15.3. The number of nitrogens with one attached hydrogen (secondary N) is 4. The van der Waals surface area contributed by atoms with Gasteiger partial charge in [-0.2, -0.15) is 0 Å². The van der Waals surface area contributed by atoms with Crippen molar-refractivity contribution in [1.82, 2.24) is 26.2 Å². The number of carbonyl (C=O) groups excluding carboxylic acids is 3. The van der Waals surface area contributed by atoms with Crippen LogP contribution in [0.1, 0.15) is 61.9 Å². The minimum atomic E-state index is -0.467. The first-order valence-electron chi connectivity index (χ1n) is 14.8. The molecule has 224 valence electrons. The average Bonchev–Trinajstić information content (AvgIpc) is 3.12. The van der Waals surface area contributed by atoms with Gasteiger partial charge in [-0.1, -0.05) is 49.4 Å². The quantitative estimate of drug-likeness (QED) is 0.213. The van der Waals surface area contributed by atoms with Gasteiger partial charge in [0, 0.05) is 53.3 Å². The zero-order valence-electron chi connectivity index (χ0n) is 24.7. The largest absolute Gasteiger partial charge is 0.350 e. The number of hydrogen-bond acceptors (Lipinski definition) is 4. The molecule has 3 aromatic carbocycles. The molecular formula is C33H42IN5O3. The number of fused-ring (bicyclic) bond motifs is 1. The van der Waals surface area contributed by atoms with Gasteiger partial charge in [-0.25, -0.2) is 4.79 Å². The Morgan fingerprint density at radius 3 is 2.50 bits per heavy atom. The number of halogens is 1. The van der Waals surface area contributed by atoms with E-state index in [0.717, 1.165) is 20.8 Å². The Labute approximate surface area is 262 Å². The van der Waals surface area contributed by atoms with Crippen molar-refractivity contribution < 1.29 is 14.4 Å². The van der Waals surface area contributed by atoms with Crippen molar-refractivity contribution in [2.45, 2.75) is 64.1 Å². The highest BCUT2D eigenvalue weighted by Gasteiger charge is 2.32. The third kappa shape index (κ3) is 8.91. The van der Waals surface area contributed by atoms with Crippen LogP contribution in [0, 0.1) is 3.57 Å². The first-order chi connectivity index (χ1) is 20.2. The summed E-state index contributed by atoms with van der Waals surface area (Å²) in [4.78, 5) is 41.0. The van der Waals surface area contributed by atoms with Crippen LogP contribution in [0.5, 0.6) is 0 Å². The Hall–Kier alpha value is -3.18. The highest BCUT2D eigenvalue weighted by molar-refractivity contribution is 14.1. The fourth-order valence-electron chi connectivity index (χ4n) is 5.41. The van der Waals surface area contributed by atoms with Crippen LogP contribution in [-0.2, 0) is 4.79 Å². The SMILES string of the molecule is CC[C@H](CN1CC[C@@H](CNC(=O)c2ccc3cc(I)ccc3c2)N[C@@H](CCNC(=O)NC(C)C)C1=O)c1ccccc1. The average molecular weight is 684 g/mol. The summed E-state index contributed by atoms with van der Waals surface area (Å²) in [6.07, 6.45) is 2.09. The Kier molecular flexibility index (Phi) is 11.6. The van der Waals surface area contributed by atoms with Crippen LogP contribution in [0.25, 0.3) is 10.8 Å². The molecule has 0 unspecified atom stereocenters. The predicted octanol–water partition coefficient (Wildman–Crippen LogP) is 5.02. The van der Waals surface area contributed by atoms with Gasteiger partial charge >= 0.3 is 6.03 Å². The number of nitrogens with zero attached hydrogens (tertiary/aromatic N) is 1. The summed E-state index contributed by atoms with van der Waals surface area (Å²) in [5.74, 6) is 0.134.